The Hall–Kier alpha value is -10.3. The minimum absolute atomic E-state index is 0.0348. The van der Waals surface area contributed by atoms with Crippen LogP contribution in [-0.2, 0) is 37.5 Å². The summed E-state index contributed by atoms with van der Waals surface area (Å²) in [5, 5.41) is 13.3. The zero-order valence-corrected chi connectivity index (χ0v) is 80.0. The van der Waals surface area contributed by atoms with Crippen molar-refractivity contribution in [2.24, 2.45) is 69.9 Å². The van der Waals surface area contributed by atoms with Crippen molar-refractivity contribution in [2.45, 2.75) is 188 Å². The predicted molar refractivity (Wildman–Crippen MR) is 523 cm³/mol. The average Bonchev–Trinajstić information content (AvgIpc) is 1.76. The molecule has 10 aromatic rings. The molecule has 0 bridgehead atoms. The molecule has 694 valence electrons. The fourth-order valence-corrected chi connectivity index (χ4v) is 20.5. The molecule has 37 heteroatoms. The summed E-state index contributed by atoms with van der Waals surface area (Å²) in [6, 6.07) is 10.1. The highest BCUT2D eigenvalue weighted by Gasteiger charge is 2.48. The number of aromatic nitrogens is 15. The maximum Gasteiger partial charge on any atom is 0.147 e. The molecule has 0 amide bonds. The number of aliphatic hydroxyl groups is 1. The Balaban J connectivity index is 0.000000111. The molecular weight excluding hydrogens is 1780 g/mol. The van der Waals surface area contributed by atoms with Crippen LogP contribution in [0, 0.1) is 50.9 Å². The van der Waals surface area contributed by atoms with Gasteiger partial charge in [-0.3, -0.25) is 49.9 Å². The van der Waals surface area contributed by atoms with Crippen molar-refractivity contribution in [2.75, 3.05) is 116 Å². The Morgan fingerprint density at radius 2 is 0.707 bits per heavy atom. The number of rotatable bonds is 13. The summed E-state index contributed by atoms with van der Waals surface area (Å²) in [7, 11) is 0. The summed E-state index contributed by atoms with van der Waals surface area (Å²) in [6.45, 7) is 28.2. The van der Waals surface area contributed by atoms with E-state index in [1.807, 2.05) is 89.7 Å². The number of nitrogens with two attached hydrogens (primary N) is 5. The fraction of sp³-hybridized carbons (Fsp3) is 0.479. The SMILES string of the molecule is CCC1(N)CCN(c2cnc3c(n2)CN=C3c2ccnc(C)c2Cl)CC1.Cc1cc(C2=NCc3nc(N4CCC(C)(CN)CC4)cnc32)c(Cl)cn1.Cc1cc(C2=NCc3nc(N4CCC(O)(CN)CC4)cnc32)c(Cl)cn1.Cc1cc(C2=NCc3nc(N4CCC5(CCC5N)CC4)cnc32)c(Cl)cn1.Cc1nccc(C2=NCc3nc(N4CCC5(CC4)COC[C@H]5N)cnc32)c1Cl. The molecular formula is C96H113Cl5N30O2. The van der Waals surface area contributed by atoms with Crippen molar-refractivity contribution < 1.29 is 9.84 Å². The highest BCUT2D eigenvalue weighted by Crippen LogP contribution is 2.49. The molecule has 12 aliphatic rings. The lowest BCUT2D eigenvalue weighted by Crippen LogP contribution is -2.56. The number of hydrogen-bond acceptors (Lipinski definition) is 32. The molecule has 6 saturated heterocycles. The number of aliphatic imine (C=N–C) groups is 5. The van der Waals surface area contributed by atoms with E-state index < -0.39 is 5.60 Å². The number of halogens is 5. The minimum atomic E-state index is -0.757. The van der Waals surface area contributed by atoms with Crippen LogP contribution in [0.2, 0.25) is 25.1 Å². The molecule has 133 heavy (non-hydrogen) atoms. The zero-order valence-electron chi connectivity index (χ0n) is 76.3. The standard InChI is InChI=1S/C20H23ClN6O.C20H23ClN6.2C19H23ClN6.C18H21ClN6O/c1-12-17(21)13(2-5-23-12)18-19-14(8-24-18)26-16(9-25-19)27-6-3-20(4-7-27)11-28-10-15(20)22;1-12-8-13(14(21)9-23-12)18-19-15(10-24-18)26-17(11-25-19)27-6-4-20(5-7-27)3-2-16(20)22;1-12-7-13(14(20)8-22-12)17-18-15(9-23-17)25-16(10-24-18)26-5-3-19(2,11-21)4-6-26;1-3-19(21)5-8-26(9-6-19)15-11-24-18-14(25-15)10-23-17(18)13-4-7-22-12(2)16(13)20;1-11-6-12(13(19)7-21-11)16-17-14(8-22-16)24-15(9-23-17)25-4-2-18(26,10-20)3-5-25/h2,5,9,15H,3-4,6-8,10-11,22H2,1H3;8-9,11,16H,2-7,10,22H2,1H3;7-8,10H,3-6,9,11,21H2,1-2H3;4,7,11H,3,5-6,8-10,21H2,1-2H3;6-7,9,26H,2-5,8,10,20H2,1H3/t15-;;;;/m1..../s1. The van der Waals surface area contributed by atoms with E-state index in [0.717, 1.165) is 294 Å². The Bertz CT molecular complexity index is 5950. The molecule has 10 aromatic heterocycles. The number of aryl methyl sites for hydroxylation is 5. The van der Waals surface area contributed by atoms with Crippen LogP contribution in [0.4, 0.5) is 29.1 Å². The van der Waals surface area contributed by atoms with E-state index in [2.05, 4.69) is 103 Å². The van der Waals surface area contributed by atoms with Crippen LogP contribution in [0.1, 0.15) is 211 Å². The van der Waals surface area contributed by atoms with Gasteiger partial charge in [0.1, 0.15) is 57.6 Å². The molecule has 2 spiro atoms. The molecule has 11 aliphatic heterocycles. The van der Waals surface area contributed by atoms with Gasteiger partial charge in [-0.1, -0.05) is 71.9 Å². The predicted octanol–water partition coefficient (Wildman–Crippen LogP) is 12.1. The van der Waals surface area contributed by atoms with Gasteiger partial charge < -0.3 is 63.0 Å². The molecule has 22 rings (SSSR count). The van der Waals surface area contributed by atoms with E-state index >= 15 is 0 Å². The molecule has 11 N–H and O–H groups in total. The number of hydrogen-bond donors (Lipinski definition) is 6. The number of fused-ring (bicyclic) bond motifs is 5. The van der Waals surface area contributed by atoms with Crippen molar-refractivity contribution in [3.05, 3.63) is 231 Å². The highest BCUT2D eigenvalue weighted by molar-refractivity contribution is 6.38. The summed E-state index contributed by atoms with van der Waals surface area (Å²) in [5.74, 6) is 4.52. The molecule has 32 nitrogen and oxygen atoms in total. The van der Waals surface area contributed by atoms with E-state index in [0.29, 0.717) is 108 Å². The zero-order chi connectivity index (χ0) is 92.8. The Morgan fingerprint density at radius 3 is 1.00 bits per heavy atom. The maximum atomic E-state index is 10.3. The minimum Gasteiger partial charge on any atom is -0.388 e. The van der Waals surface area contributed by atoms with Gasteiger partial charge in [0.25, 0.3) is 0 Å². The van der Waals surface area contributed by atoms with Gasteiger partial charge in [-0.25, -0.2) is 49.8 Å². The molecule has 0 radical (unpaired) electrons. The van der Waals surface area contributed by atoms with Crippen molar-refractivity contribution >= 4 is 116 Å². The normalized spacial score (nSPS) is 20.5. The average molecular weight is 1900 g/mol. The first-order valence-corrected chi connectivity index (χ1v) is 47.9. The molecule has 1 unspecified atom stereocenters. The van der Waals surface area contributed by atoms with Crippen LogP contribution in [0.25, 0.3) is 0 Å². The largest absolute Gasteiger partial charge is 0.388 e. The third-order valence-electron chi connectivity index (χ3n) is 28.9. The van der Waals surface area contributed by atoms with Crippen molar-refractivity contribution in [3.63, 3.8) is 0 Å². The Morgan fingerprint density at radius 1 is 0.391 bits per heavy atom. The first-order chi connectivity index (χ1) is 64.1. The lowest BCUT2D eigenvalue weighted by molar-refractivity contribution is 0.0248. The molecule has 2 atom stereocenters. The smallest absolute Gasteiger partial charge is 0.147 e. The van der Waals surface area contributed by atoms with Gasteiger partial charge in [-0.2, -0.15) is 0 Å². The second-order valence-electron chi connectivity index (χ2n) is 37.5. The van der Waals surface area contributed by atoms with Gasteiger partial charge in [0.05, 0.1) is 176 Å². The summed E-state index contributed by atoms with van der Waals surface area (Å²) in [4.78, 5) is 103. The number of piperidine rings is 5. The maximum absolute atomic E-state index is 10.3. The topological polar surface area (TPSA) is 431 Å². The van der Waals surface area contributed by atoms with Crippen LogP contribution in [0.3, 0.4) is 0 Å². The van der Waals surface area contributed by atoms with Crippen LogP contribution >= 0.6 is 58.0 Å². The fourth-order valence-electron chi connectivity index (χ4n) is 19.5. The third kappa shape index (κ3) is 19.3. The number of ether oxygens (including phenoxy) is 1. The number of pyridine rings is 5. The van der Waals surface area contributed by atoms with E-state index in [1.165, 1.54) is 12.8 Å². The van der Waals surface area contributed by atoms with E-state index in [1.54, 1.807) is 37.2 Å². The summed E-state index contributed by atoms with van der Waals surface area (Å²) in [6.07, 6.45) is 30.9. The van der Waals surface area contributed by atoms with Gasteiger partial charge in [-0.05, 0) is 166 Å². The van der Waals surface area contributed by atoms with E-state index in [9.17, 15) is 5.11 Å². The second-order valence-corrected chi connectivity index (χ2v) is 39.4. The highest BCUT2D eigenvalue weighted by atomic mass is 35.5. The molecule has 1 aliphatic carbocycles. The van der Waals surface area contributed by atoms with Gasteiger partial charge in [0, 0.05) is 171 Å². The number of anilines is 5. The van der Waals surface area contributed by atoms with Crippen LogP contribution < -0.4 is 53.2 Å². The Kier molecular flexibility index (Phi) is 27.2. The summed E-state index contributed by atoms with van der Waals surface area (Å²) in [5.41, 5.74) is 51.7. The summed E-state index contributed by atoms with van der Waals surface area (Å²) < 4.78 is 5.62. The number of nitrogens with zero attached hydrogens (tertiary/aromatic N) is 25. The molecule has 0 aromatic carbocycles. The Labute approximate surface area is 799 Å². The lowest BCUT2D eigenvalue weighted by Gasteiger charge is -2.52. The second kappa shape index (κ2) is 38.8. The van der Waals surface area contributed by atoms with Crippen molar-refractivity contribution in [1.82, 2.24) is 74.8 Å². The van der Waals surface area contributed by atoms with Gasteiger partial charge >= 0.3 is 0 Å². The first-order valence-electron chi connectivity index (χ1n) is 46.0. The lowest BCUT2D eigenvalue weighted by atomic mass is 9.60. The third-order valence-corrected chi connectivity index (χ3v) is 30.8. The van der Waals surface area contributed by atoms with Gasteiger partial charge in [0.2, 0.25) is 0 Å². The molecule has 1 saturated carbocycles. The molecule has 7 fully saturated rings. The van der Waals surface area contributed by atoms with Gasteiger partial charge in [0.15, 0.2) is 0 Å². The van der Waals surface area contributed by atoms with Crippen LogP contribution in [0.5, 0.6) is 0 Å². The van der Waals surface area contributed by atoms with E-state index in [4.69, 9.17) is 126 Å². The van der Waals surface area contributed by atoms with Crippen molar-refractivity contribution in [3.8, 4) is 0 Å². The van der Waals surface area contributed by atoms with Gasteiger partial charge in [-0.15, -0.1) is 0 Å². The monoisotopic (exact) mass is 1890 g/mol. The van der Waals surface area contributed by atoms with Crippen LogP contribution in [-0.4, -0.2) is 223 Å². The first kappa shape index (κ1) is 93.1. The van der Waals surface area contributed by atoms with E-state index in [-0.39, 0.29) is 22.4 Å². The molecule has 21 heterocycles. The van der Waals surface area contributed by atoms with Crippen LogP contribution in [0.15, 0.2) is 117 Å². The summed E-state index contributed by atoms with van der Waals surface area (Å²) >= 11 is 31.8. The quantitative estimate of drug-likeness (QED) is 0.0624. The van der Waals surface area contributed by atoms with Crippen molar-refractivity contribution in [1.29, 1.82) is 0 Å².